The quantitative estimate of drug-likeness (QED) is 0.0964. The lowest BCUT2D eigenvalue weighted by molar-refractivity contribution is -0.166. The Bertz CT molecular complexity index is 3640. The molecule has 19 nitrogen and oxygen atoms in total. The van der Waals surface area contributed by atoms with Crippen molar-refractivity contribution in [2.45, 2.75) is 95.4 Å². The molecule has 434 valence electrons. The van der Waals surface area contributed by atoms with Gasteiger partial charge in [0.05, 0.1) is 25.5 Å². The van der Waals surface area contributed by atoms with E-state index in [1.54, 1.807) is 74.1 Å². The number of β-lactam (4-membered cyclic amide) rings is 2. The van der Waals surface area contributed by atoms with Crippen LogP contribution in [0.1, 0.15) is 86.1 Å². The molecule has 4 N–H and O–H groups in total. The molecule has 11 rings (SSSR count). The molecule has 5 aromatic carbocycles. The van der Waals surface area contributed by atoms with E-state index in [9.17, 15) is 43.8 Å². The van der Waals surface area contributed by atoms with Crippen LogP contribution in [0, 0.1) is 11.8 Å². The lowest BCUT2D eigenvalue weighted by atomic mass is 9.82. The average Bonchev–Trinajstić information content (AvgIpc) is 1.02. The van der Waals surface area contributed by atoms with Gasteiger partial charge in [-0.3, -0.25) is 14.5 Å². The zero-order chi connectivity index (χ0) is 59.4. The monoisotopic (exact) mass is 1140 g/mol. The number of nitrogen functional groups attached to an aromatic ring is 1. The number of amides is 7. The molecule has 4 aliphatic rings. The van der Waals surface area contributed by atoms with Crippen molar-refractivity contribution in [1.82, 2.24) is 29.6 Å². The Hall–Kier alpha value is -9.39. The number of methoxy groups -OCH3 is 1. The van der Waals surface area contributed by atoms with E-state index < -0.39 is 71.4 Å². The minimum absolute atomic E-state index is 0.0551. The van der Waals surface area contributed by atoms with Crippen molar-refractivity contribution in [2.24, 2.45) is 11.8 Å². The Morgan fingerprint density at radius 1 is 0.607 bits per heavy atom. The first-order chi connectivity index (χ1) is 40.3. The van der Waals surface area contributed by atoms with Crippen molar-refractivity contribution in [3.05, 3.63) is 174 Å². The summed E-state index contributed by atoms with van der Waals surface area (Å²) in [6.07, 6.45) is 6.05. The molecule has 6 heterocycles. The first-order valence-electron chi connectivity index (χ1n) is 28.3. The van der Waals surface area contributed by atoms with E-state index in [4.69, 9.17) is 15.2 Å². The van der Waals surface area contributed by atoms with E-state index >= 15 is 0 Å². The fourth-order valence-corrected chi connectivity index (χ4v) is 11.9. The fourth-order valence-electron chi connectivity index (χ4n) is 11.9. The Labute approximate surface area is 486 Å². The van der Waals surface area contributed by atoms with E-state index in [1.807, 2.05) is 36.4 Å². The number of hydrogen-bond acceptors (Lipinski definition) is 12. The summed E-state index contributed by atoms with van der Waals surface area (Å²) in [6.45, 7) is 7.28. The molecular weight excluding hydrogens is 1070 g/mol. The lowest BCUT2D eigenvalue weighted by Gasteiger charge is -2.46. The van der Waals surface area contributed by atoms with Gasteiger partial charge in [0.15, 0.2) is 12.1 Å². The summed E-state index contributed by atoms with van der Waals surface area (Å²) in [7, 11) is 1.57. The summed E-state index contributed by atoms with van der Waals surface area (Å²) in [4.78, 5) is 106. The first-order valence-corrected chi connectivity index (χ1v) is 28.3. The number of urea groups is 2. The number of piperidine rings is 2. The van der Waals surface area contributed by atoms with E-state index in [0.717, 1.165) is 79.3 Å². The number of hydrogen-bond donors (Lipinski definition) is 3. The van der Waals surface area contributed by atoms with Gasteiger partial charge in [-0.05, 0) is 145 Å². The number of benzene rings is 5. The van der Waals surface area contributed by atoms with Crippen molar-refractivity contribution in [2.75, 3.05) is 43.9 Å². The Morgan fingerprint density at radius 2 is 1.08 bits per heavy atom. The van der Waals surface area contributed by atoms with Crippen LogP contribution in [-0.2, 0) is 43.3 Å². The summed E-state index contributed by atoms with van der Waals surface area (Å²) < 4.78 is 10.9. The zero-order valence-electron chi connectivity index (χ0n) is 47.4. The van der Waals surface area contributed by atoms with Crippen LogP contribution in [0.15, 0.2) is 146 Å². The van der Waals surface area contributed by atoms with Crippen LogP contribution in [0.3, 0.4) is 0 Å². The number of fused-ring (bicyclic) bond motifs is 2. The highest BCUT2D eigenvalue weighted by molar-refractivity contribution is 6.08. The number of nitrogens with zero attached hydrogens (tertiary/aromatic N) is 7. The molecule has 2 aromatic heterocycles. The second kappa shape index (κ2) is 24.6. The maximum absolute atomic E-state index is 13.7. The Kier molecular flexibility index (Phi) is 16.9. The predicted molar refractivity (Wildman–Crippen MR) is 315 cm³/mol. The van der Waals surface area contributed by atoms with Gasteiger partial charge in [-0.15, -0.1) is 0 Å². The maximum Gasteiger partial charge on any atom is 0.416 e. The molecule has 6 atom stereocenters. The van der Waals surface area contributed by atoms with Crippen LogP contribution >= 0.6 is 0 Å². The SMILES string of the molecule is COc1ccc(CN(C(=O)OC(C)(C)C)c2cc(C[C@H]3C(=O)N(C(=O)N4CCCC(c5ccc6ccccc6c5)C4)[C@@H]3C(=O)O)ccn2)cc1.Nc1cc(C[C@H]2C(=O)N(C(=O)N3CCCC(c4ccc5ccccc5c4)C3)[C@@H]2C(=O)O)ccn1. The lowest BCUT2D eigenvalue weighted by Crippen LogP contribution is -2.69. The number of aliphatic carboxylic acids is 2. The molecule has 19 heteroatoms. The molecule has 0 radical (unpaired) electrons. The van der Waals surface area contributed by atoms with Crippen molar-refractivity contribution in [1.29, 1.82) is 0 Å². The highest BCUT2D eigenvalue weighted by Crippen LogP contribution is 2.38. The number of carboxylic acid groups (broad SMARTS) is 2. The van der Waals surface area contributed by atoms with E-state index in [0.29, 0.717) is 43.3 Å². The number of nitrogens with two attached hydrogens (primary N) is 1. The van der Waals surface area contributed by atoms with Gasteiger partial charge in [-0.2, -0.15) is 0 Å². The van der Waals surface area contributed by atoms with Gasteiger partial charge in [0.2, 0.25) is 11.8 Å². The molecular formula is C65H68N8O11. The largest absolute Gasteiger partial charge is 0.497 e. The number of anilines is 2. The Morgan fingerprint density at radius 3 is 1.55 bits per heavy atom. The van der Waals surface area contributed by atoms with Crippen LogP contribution in [0.2, 0.25) is 0 Å². The maximum atomic E-state index is 13.7. The van der Waals surface area contributed by atoms with Crippen LogP contribution in [0.5, 0.6) is 5.75 Å². The first kappa shape index (κ1) is 57.8. The smallest absolute Gasteiger partial charge is 0.416 e. The number of carbonyl (C=O) groups excluding carboxylic acids is 5. The molecule has 84 heavy (non-hydrogen) atoms. The molecule has 0 spiro atoms. The van der Waals surface area contributed by atoms with Gasteiger partial charge in [0.1, 0.15) is 23.0 Å². The van der Waals surface area contributed by atoms with Crippen molar-refractivity contribution in [3.8, 4) is 5.75 Å². The van der Waals surface area contributed by atoms with Crippen LogP contribution < -0.4 is 15.4 Å². The fraction of sp³-hybridized carbons (Fsp3) is 0.338. The Balaban J connectivity index is 0.000000201. The van der Waals surface area contributed by atoms with Gasteiger partial charge in [-0.25, -0.2) is 43.7 Å². The number of carboxylic acids is 2. The summed E-state index contributed by atoms with van der Waals surface area (Å²) >= 11 is 0. The standard InChI is InChI=1S/C39H42N4O7.C26H26N4O4/c1-39(2,3)50-38(48)42(23-25-11-15-31(49-4)16-12-25)33-21-26(17-18-40-33)20-32-34(36(45)46)43(35(32)44)37(47)41-19-7-10-30(24-41)29-14-13-27-8-5-6-9-28(27)22-29;27-22-13-16(9-10-28-22)12-21-23(25(32)33)30(24(21)31)26(34)29-11-3-6-20(15-29)19-8-7-17-4-1-2-5-18(17)14-19/h5-6,8-9,11-18,21-22,30,32,34H,7,10,19-20,23-24H2,1-4H3,(H,45,46);1-2,4-5,7-10,13-14,20-21,23H,3,6,11-12,15H2,(H2,27,28)(H,32,33)/t30?,32-,34+;20?,21-,23+/m11/s1. The normalized spacial score (nSPS) is 20.5. The van der Waals surface area contributed by atoms with Crippen molar-refractivity contribution >= 4 is 75.1 Å². The summed E-state index contributed by atoms with van der Waals surface area (Å²) in [6, 6.07) is 39.2. The highest BCUT2D eigenvalue weighted by atomic mass is 16.6. The molecule has 2 unspecified atom stereocenters. The van der Waals surface area contributed by atoms with E-state index in [1.165, 1.54) is 17.3 Å². The van der Waals surface area contributed by atoms with Crippen LogP contribution in [0.4, 0.5) is 26.0 Å². The van der Waals surface area contributed by atoms with Crippen molar-refractivity contribution in [3.63, 3.8) is 0 Å². The number of pyridine rings is 2. The molecule has 4 aliphatic heterocycles. The van der Waals surface area contributed by atoms with Crippen LogP contribution in [-0.4, -0.2) is 133 Å². The molecule has 0 aliphatic carbocycles. The number of rotatable bonds is 12. The zero-order valence-corrected chi connectivity index (χ0v) is 47.4. The third-order valence-electron chi connectivity index (χ3n) is 16.2. The second-order valence-corrected chi connectivity index (χ2v) is 23.0. The van der Waals surface area contributed by atoms with Gasteiger partial charge >= 0.3 is 30.1 Å². The highest BCUT2D eigenvalue weighted by Gasteiger charge is 2.57. The molecule has 4 fully saturated rings. The number of carbonyl (C=O) groups is 7. The van der Waals surface area contributed by atoms with Gasteiger partial charge < -0.3 is 35.2 Å². The van der Waals surface area contributed by atoms with E-state index in [2.05, 4.69) is 70.6 Å². The van der Waals surface area contributed by atoms with Gasteiger partial charge in [0, 0.05) is 50.4 Å². The van der Waals surface area contributed by atoms with Crippen molar-refractivity contribution < 1.29 is 53.2 Å². The predicted octanol–water partition coefficient (Wildman–Crippen LogP) is 9.91. The van der Waals surface area contributed by atoms with Crippen LogP contribution in [0.25, 0.3) is 21.5 Å². The average molecular weight is 1140 g/mol. The summed E-state index contributed by atoms with van der Waals surface area (Å²) in [5, 5.41) is 24.6. The minimum Gasteiger partial charge on any atom is -0.497 e. The summed E-state index contributed by atoms with van der Waals surface area (Å²) in [5.41, 5.74) is 9.33. The minimum atomic E-state index is -1.31. The number of likely N-dealkylation sites (tertiary alicyclic amines) is 4. The molecule has 0 saturated carbocycles. The molecule has 7 aromatic rings. The number of imide groups is 2. The molecule has 0 bridgehead atoms. The topological polar surface area (TPSA) is 246 Å². The number of aromatic nitrogens is 2. The molecule has 7 amide bonds. The second-order valence-electron chi connectivity index (χ2n) is 23.0. The van der Waals surface area contributed by atoms with E-state index in [-0.39, 0.29) is 37.0 Å². The van der Waals surface area contributed by atoms with Gasteiger partial charge in [-0.1, -0.05) is 97.1 Å². The van der Waals surface area contributed by atoms with Gasteiger partial charge in [0.25, 0.3) is 0 Å². The third-order valence-corrected chi connectivity index (χ3v) is 16.2. The summed E-state index contributed by atoms with van der Waals surface area (Å²) in [5.74, 6) is -3.69. The molecule has 4 saturated heterocycles. The number of ether oxygens (including phenoxy) is 2. The third kappa shape index (κ3) is 12.6.